The predicted molar refractivity (Wildman–Crippen MR) is 146 cm³/mol. The Balaban J connectivity index is 2.61. The third-order valence-electron chi connectivity index (χ3n) is 6.48. The van der Waals surface area contributed by atoms with Gasteiger partial charge < -0.3 is 41.2 Å². The first kappa shape index (κ1) is 34.3. The normalized spacial score (nSPS) is 18.8. The zero-order valence-electron chi connectivity index (χ0n) is 23.7. The number of guanidine groups is 1. The van der Waals surface area contributed by atoms with E-state index in [4.69, 9.17) is 25.7 Å². The predicted octanol–water partition coefficient (Wildman–Crippen LogP) is 2.47. The molecule has 1 aliphatic rings. The number of carboxylic acids is 1. The number of rotatable bonds is 20. The molecule has 39 heavy (non-hydrogen) atoms. The molecule has 3 unspecified atom stereocenters. The fourth-order valence-electron chi connectivity index (χ4n) is 4.49. The van der Waals surface area contributed by atoms with Crippen LogP contribution in [-0.2, 0) is 28.6 Å². The molecule has 0 aromatic rings. The molecule has 4 atom stereocenters. The number of hydrogen-bond donors (Lipinski definition) is 5. The van der Waals surface area contributed by atoms with Crippen molar-refractivity contribution in [1.82, 2.24) is 5.32 Å². The van der Waals surface area contributed by atoms with Crippen molar-refractivity contribution in [2.45, 2.75) is 122 Å². The molecule has 0 spiro atoms. The minimum Gasteiger partial charge on any atom is -0.479 e. The second-order valence-corrected chi connectivity index (χ2v) is 9.90. The SMILES string of the molecule is CCCCCCCCCCCCCC(=O)OCC(O)C(OC)C1O[C@H](C(=O)O)CC(N=C(N)N)=C1NC(C)=O. The number of nitrogens with two attached hydrogens (primary N) is 2. The van der Waals surface area contributed by atoms with E-state index in [1.165, 1.54) is 59.0 Å². The minimum atomic E-state index is -1.39. The fourth-order valence-corrected chi connectivity index (χ4v) is 4.49. The summed E-state index contributed by atoms with van der Waals surface area (Å²) in [4.78, 5) is 39.7. The Hall–Kier alpha value is -2.70. The summed E-state index contributed by atoms with van der Waals surface area (Å²) >= 11 is 0. The van der Waals surface area contributed by atoms with Gasteiger partial charge >= 0.3 is 11.9 Å². The molecule has 0 aliphatic carbocycles. The van der Waals surface area contributed by atoms with Crippen LogP contribution in [0.3, 0.4) is 0 Å². The van der Waals surface area contributed by atoms with Crippen LogP contribution in [0.5, 0.6) is 0 Å². The number of unbranched alkanes of at least 4 members (excludes halogenated alkanes) is 10. The van der Waals surface area contributed by atoms with Gasteiger partial charge in [0.25, 0.3) is 0 Å². The summed E-state index contributed by atoms with van der Waals surface area (Å²) in [7, 11) is 1.28. The highest BCUT2D eigenvalue weighted by atomic mass is 16.6. The Morgan fingerprint density at radius 3 is 2.10 bits per heavy atom. The van der Waals surface area contributed by atoms with E-state index in [0.717, 1.165) is 19.3 Å². The quantitative estimate of drug-likeness (QED) is 0.0643. The first-order valence-electron chi connectivity index (χ1n) is 14.0. The summed E-state index contributed by atoms with van der Waals surface area (Å²) in [6, 6.07) is 0. The van der Waals surface area contributed by atoms with Crippen molar-refractivity contribution in [3.8, 4) is 0 Å². The van der Waals surface area contributed by atoms with Crippen molar-refractivity contribution in [3.63, 3.8) is 0 Å². The Labute approximate surface area is 231 Å². The van der Waals surface area contributed by atoms with Crippen molar-refractivity contribution in [2.24, 2.45) is 16.5 Å². The molecule has 1 heterocycles. The van der Waals surface area contributed by atoms with Gasteiger partial charge in [-0.2, -0.15) is 0 Å². The average Bonchev–Trinajstić information content (AvgIpc) is 2.87. The molecule has 0 radical (unpaired) electrons. The van der Waals surface area contributed by atoms with Crippen LogP contribution in [-0.4, -0.2) is 72.2 Å². The van der Waals surface area contributed by atoms with Crippen LogP contribution in [0.1, 0.15) is 97.3 Å². The van der Waals surface area contributed by atoms with E-state index < -0.39 is 48.9 Å². The first-order valence-corrected chi connectivity index (χ1v) is 14.0. The fraction of sp³-hybridized carbons (Fsp3) is 0.778. The highest BCUT2D eigenvalue weighted by molar-refractivity contribution is 5.79. The summed E-state index contributed by atoms with van der Waals surface area (Å²) in [5.74, 6) is -2.57. The Morgan fingerprint density at radius 2 is 1.62 bits per heavy atom. The smallest absolute Gasteiger partial charge is 0.333 e. The summed E-state index contributed by atoms with van der Waals surface area (Å²) in [5.41, 5.74) is 11.1. The molecule has 224 valence electrons. The van der Waals surface area contributed by atoms with Gasteiger partial charge in [-0.1, -0.05) is 71.1 Å². The molecule has 7 N–H and O–H groups in total. The summed E-state index contributed by atoms with van der Waals surface area (Å²) < 4.78 is 16.3. The zero-order valence-corrected chi connectivity index (χ0v) is 23.7. The largest absolute Gasteiger partial charge is 0.479 e. The lowest BCUT2D eigenvalue weighted by Crippen LogP contribution is -2.52. The molecule has 0 fully saturated rings. The zero-order chi connectivity index (χ0) is 29.2. The number of esters is 1. The van der Waals surface area contributed by atoms with E-state index in [1.54, 1.807) is 0 Å². The van der Waals surface area contributed by atoms with Gasteiger partial charge in [-0.25, -0.2) is 9.79 Å². The molecule has 1 aliphatic heterocycles. The van der Waals surface area contributed by atoms with Crippen LogP contribution >= 0.6 is 0 Å². The lowest BCUT2D eigenvalue weighted by molar-refractivity contribution is -0.170. The molecule has 1 amide bonds. The molecule has 12 heteroatoms. The number of nitrogens with one attached hydrogen (secondary N) is 1. The van der Waals surface area contributed by atoms with E-state index in [0.29, 0.717) is 6.42 Å². The van der Waals surface area contributed by atoms with Crippen LogP contribution in [0, 0.1) is 0 Å². The lowest BCUT2D eigenvalue weighted by atomic mass is 9.97. The molecular weight excluding hydrogens is 508 g/mol. The van der Waals surface area contributed by atoms with Gasteiger partial charge in [-0.15, -0.1) is 0 Å². The second kappa shape index (κ2) is 19.4. The van der Waals surface area contributed by atoms with Crippen molar-refractivity contribution >= 4 is 23.8 Å². The third-order valence-corrected chi connectivity index (χ3v) is 6.48. The highest BCUT2D eigenvalue weighted by Gasteiger charge is 2.42. The van der Waals surface area contributed by atoms with Gasteiger partial charge in [0, 0.05) is 26.9 Å². The van der Waals surface area contributed by atoms with Crippen molar-refractivity contribution in [2.75, 3.05) is 13.7 Å². The maximum absolute atomic E-state index is 12.2. The summed E-state index contributed by atoms with van der Waals surface area (Å²) in [6.45, 7) is 3.06. The van der Waals surface area contributed by atoms with Gasteiger partial charge in [0.05, 0.1) is 11.4 Å². The topological polar surface area (TPSA) is 196 Å². The molecule has 0 bridgehead atoms. The monoisotopic (exact) mass is 556 g/mol. The first-order chi connectivity index (χ1) is 18.6. The number of nitrogens with zero attached hydrogens (tertiary/aromatic N) is 1. The number of carboxylic acid groups (broad SMARTS) is 1. The van der Waals surface area contributed by atoms with Crippen LogP contribution < -0.4 is 16.8 Å². The van der Waals surface area contributed by atoms with Gasteiger partial charge in [-0.3, -0.25) is 9.59 Å². The number of carbonyl (C=O) groups excluding carboxylic acids is 2. The van der Waals surface area contributed by atoms with Crippen molar-refractivity contribution < 1.29 is 38.8 Å². The van der Waals surface area contributed by atoms with E-state index in [2.05, 4.69) is 17.2 Å². The number of carbonyl (C=O) groups is 3. The molecule has 0 aromatic heterocycles. The van der Waals surface area contributed by atoms with Crippen LogP contribution in [0.2, 0.25) is 0 Å². The number of ether oxygens (including phenoxy) is 3. The van der Waals surface area contributed by atoms with Crippen LogP contribution in [0.25, 0.3) is 0 Å². The van der Waals surface area contributed by atoms with E-state index in [-0.39, 0.29) is 30.2 Å². The standard InChI is InChI=1S/C27H48N4O8/c1-4-5-6-7-8-9-10-11-12-13-14-15-22(34)38-17-20(33)24(37-3)25-23(30-18(2)32)19(31-27(28)29)16-21(39-25)26(35)36/h20-21,24-25,33H,4-17H2,1-3H3,(H,30,32)(H,35,36)(H4,28,29,31)/t20?,21-,24?,25?/m0/s1. The van der Waals surface area contributed by atoms with Gasteiger partial charge in [0.15, 0.2) is 12.1 Å². The number of amides is 1. The number of aliphatic carboxylic acids is 1. The third kappa shape index (κ3) is 13.8. The van der Waals surface area contributed by atoms with E-state index in [9.17, 15) is 24.6 Å². The second-order valence-electron chi connectivity index (χ2n) is 9.90. The maximum atomic E-state index is 12.2. The number of aliphatic hydroxyl groups excluding tert-OH is 1. The molecule has 0 saturated carbocycles. The summed E-state index contributed by atoms with van der Waals surface area (Å²) in [6.07, 6.45) is 7.61. The van der Waals surface area contributed by atoms with Gasteiger partial charge in [-0.05, 0) is 6.42 Å². The number of hydrogen-bond acceptors (Lipinski definition) is 8. The minimum absolute atomic E-state index is 0.0617. The molecule has 0 saturated heterocycles. The molecule has 0 aromatic carbocycles. The van der Waals surface area contributed by atoms with Crippen LogP contribution in [0.4, 0.5) is 0 Å². The molecule has 12 nitrogen and oxygen atoms in total. The van der Waals surface area contributed by atoms with Crippen molar-refractivity contribution in [1.29, 1.82) is 0 Å². The number of methoxy groups -OCH3 is 1. The molecule has 1 rings (SSSR count). The van der Waals surface area contributed by atoms with E-state index >= 15 is 0 Å². The average molecular weight is 557 g/mol. The lowest BCUT2D eigenvalue weighted by Gasteiger charge is -2.36. The number of aliphatic imine (C=N–C) groups is 1. The van der Waals surface area contributed by atoms with Crippen LogP contribution in [0.15, 0.2) is 16.4 Å². The van der Waals surface area contributed by atoms with Gasteiger partial charge in [0.2, 0.25) is 5.91 Å². The Bertz CT molecular complexity index is 829. The Kier molecular flexibility index (Phi) is 17.1. The van der Waals surface area contributed by atoms with Crippen molar-refractivity contribution in [3.05, 3.63) is 11.4 Å². The molecular formula is C27H48N4O8. The maximum Gasteiger partial charge on any atom is 0.333 e. The summed E-state index contributed by atoms with van der Waals surface area (Å²) in [5, 5.41) is 22.8. The number of aliphatic hydroxyl groups is 1. The van der Waals surface area contributed by atoms with Gasteiger partial charge in [0.1, 0.15) is 24.9 Å². The van der Waals surface area contributed by atoms with E-state index in [1.807, 2.05) is 0 Å². The highest BCUT2D eigenvalue weighted by Crippen LogP contribution is 2.30. The Morgan fingerprint density at radius 1 is 1.05 bits per heavy atom.